The molecule has 132 heavy (non-hydrogen) atoms. The van der Waals surface area contributed by atoms with Crippen molar-refractivity contribution in [3.8, 4) is 24.0 Å². The number of rotatable bonds is 20. The number of aromatic hydroxyl groups is 1. The van der Waals surface area contributed by atoms with Crippen LogP contribution < -0.4 is 15.4 Å². The molecule has 14 rings (SSSR count). The minimum Gasteiger partial charge on any atom is -0.618 e. The smallest absolute Gasteiger partial charge is 0.335 e. The van der Waals surface area contributed by atoms with Crippen molar-refractivity contribution in [3.05, 3.63) is 320 Å². The fraction of sp³-hybridized carbons (Fsp3) is 0.143. The molecule has 0 saturated carbocycles. The van der Waals surface area contributed by atoms with E-state index < -0.39 is 96.6 Å². The predicted molar refractivity (Wildman–Crippen MR) is 491 cm³/mol. The van der Waals surface area contributed by atoms with Crippen LogP contribution in [0.25, 0.3) is 0 Å². The number of aryl methyl sites for hydroxylation is 3. The maximum atomic E-state index is 13.0. The molecule has 13 aromatic rings. The number of nitrogens with zero attached hydrogens (tertiary/aromatic N) is 10. The Morgan fingerprint density at radius 1 is 0.636 bits per heavy atom. The number of carboxylic acids is 1. The van der Waals surface area contributed by atoms with Crippen LogP contribution in [-0.2, 0) is 62.2 Å². The van der Waals surface area contributed by atoms with E-state index in [9.17, 15) is 113 Å². The molecule has 1 amide bonds. The number of nitriles is 3. The fourth-order valence-electron chi connectivity index (χ4n) is 12.4. The van der Waals surface area contributed by atoms with Crippen LogP contribution >= 0.6 is 89.5 Å². The summed E-state index contributed by atoms with van der Waals surface area (Å²) in [5.74, 6) is -0.666. The summed E-state index contributed by atoms with van der Waals surface area (Å²) >= 11 is 21.4. The number of nitro groups is 3. The number of Topliss-reactive ketones (excluding diaryl/α,β-unsaturated/α-hetero) is 1. The number of thiophene rings is 2. The van der Waals surface area contributed by atoms with Crippen molar-refractivity contribution in [3.63, 3.8) is 0 Å². The number of carboxylic acid groups (broad SMARTS) is 1. The highest BCUT2D eigenvalue weighted by Gasteiger charge is 2.38. The second-order valence-electron chi connectivity index (χ2n) is 28.3. The van der Waals surface area contributed by atoms with Crippen molar-refractivity contribution < 1.29 is 90.6 Å². The SMILES string of the molecule is CC1(C)CC(=O)c2c(NCc3ccco3)sc(C#N)c2C1.CSc1n[nH]c(NC(=O)c2cccs2)c1S(=O)(=O)c1ccc(Cl)cc1.Cc1ccc(S(=O)(=O)c2nc(C)c([N+](=O)[O-])c(C)c2C#N)cc1.Cc1nc(S(=O)(=O)c2ccccc2)c(C#N)c(C)c1[N+](=O)[O-].O=C(O)c1ccc(S(=O)(=O)c2cc(Br)c(O)c(Br)c2)cc1.O=[N+]([O-])c1ccc(S(=O)(=O)c2ccc(Cl)cc2)[n+]([O-])c1. The first-order valence-electron chi connectivity index (χ1n) is 37.2. The number of hydrogen-bond donors (Lipinski definition) is 5. The Balaban J connectivity index is 0.000000178. The number of carbonyl (C=O) groups is 3. The monoisotopic (exact) mass is 2110 g/mol. The Morgan fingerprint density at radius 2 is 1.13 bits per heavy atom. The molecular weight excluding hydrogens is 2050 g/mol. The van der Waals surface area contributed by atoms with Crippen molar-refractivity contribution >= 4 is 184 Å². The van der Waals surface area contributed by atoms with E-state index in [0.717, 1.165) is 40.4 Å². The lowest BCUT2D eigenvalue weighted by atomic mass is 9.74. The number of thioether (sulfide) groups is 1. The maximum Gasteiger partial charge on any atom is 0.335 e. The Kier molecular flexibility index (Phi) is 33.4. The lowest BCUT2D eigenvalue weighted by molar-refractivity contribution is -0.649. The number of halogens is 4. The average Bonchev–Trinajstić information content (AvgIpc) is 1.25. The summed E-state index contributed by atoms with van der Waals surface area (Å²) in [4.78, 5) is 74.6. The van der Waals surface area contributed by atoms with Crippen LogP contribution in [0.3, 0.4) is 0 Å². The number of furan rings is 1. The number of amides is 1. The standard InChI is InChI=1S/C16H16N2O2S.C15H12ClN3O3S3.C15H13N3O4S.C14H11N3O4S.C13H8Br2O5S.C11H7ClN2O5S/c1-16(2)6-11-13(8-17)21-15(14(11)12(19)7-16)18-9-10-4-3-5-20-10;1-23-15-12(25(21,22)10-6-4-9(16)5-7-10)13(18-19-15)17-14(20)11-3-2-8-24-11;1-9-4-6-12(7-5-9)23(21,22)15-13(8-16)10(2)14(18(19)20)11(3)17-15;1-9-12(8-15)14(16-10(2)13(9)17(18)19)22(20,21)11-6-4-3-5-7-11;14-10-5-9(6-11(15)12(10)16)21(19,20)8-3-1-7(2-4-8)13(17)18;12-8-1-4-10(5-2-8)20(18,19)11-6-3-9(14(16)17)7-13(11)15/h3-5,18H,6-7,9H2,1-2H3;2-8H,1H3,(H2,17,18,19,20);4-7H,1-3H3;3-7H,1-2H3;1-6,16H,(H,17,18);1-7H. The first kappa shape index (κ1) is 103. The van der Waals surface area contributed by atoms with Crippen LogP contribution in [0.1, 0.15) is 106 Å². The lowest BCUT2D eigenvalue weighted by Crippen LogP contribution is -2.33. The number of ketones is 1. The zero-order valence-electron chi connectivity index (χ0n) is 69.3. The molecular formula is C84H67Br2Cl2N13O23S8. The van der Waals surface area contributed by atoms with Crippen LogP contribution in [0.4, 0.5) is 27.9 Å². The molecule has 0 bridgehead atoms. The lowest BCUT2D eigenvalue weighted by Gasteiger charge is -2.29. The van der Waals surface area contributed by atoms with E-state index >= 15 is 0 Å². The number of fused-ring (bicyclic) bond motifs is 1. The van der Waals surface area contributed by atoms with E-state index in [1.54, 1.807) is 72.5 Å². The molecule has 6 aromatic carbocycles. The Bertz CT molecular complexity index is 7410. The third-order valence-electron chi connectivity index (χ3n) is 18.7. The molecule has 5 N–H and O–H groups in total. The van der Waals surface area contributed by atoms with Crippen LogP contribution in [0.15, 0.2) is 261 Å². The first-order chi connectivity index (χ1) is 62.0. The van der Waals surface area contributed by atoms with E-state index in [1.807, 2.05) is 19.1 Å². The Hall–Kier alpha value is -13.0. The third kappa shape index (κ3) is 23.6. The minimum atomic E-state index is -4.06. The van der Waals surface area contributed by atoms with Crippen LogP contribution in [0.2, 0.25) is 10.0 Å². The zero-order chi connectivity index (χ0) is 97.6. The predicted octanol–water partition coefficient (Wildman–Crippen LogP) is 18.0. The molecule has 0 saturated heterocycles. The molecule has 0 fully saturated rings. The van der Waals surface area contributed by atoms with Gasteiger partial charge in [-0.1, -0.05) is 79.0 Å². The van der Waals surface area contributed by atoms with Crippen molar-refractivity contribution in [2.75, 3.05) is 16.9 Å². The summed E-state index contributed by atoms with van der Waals surface area (Å²) in [6.07, 6.45) is 5.23. The number of carbonyl (C=O) groups excluding carboxylic acids is 2. The van der Waals surface area contributed by atoms with E-state index in [-0.39, 0.29) is 126 Å². The molecule has 1 aliphatic carbocycles. The van der Waals surface area contributed by atoms with E-state index in [2.05, 4.69) is 82.6 Å². The first-order valence-corrected chi connectivity index (χ1v) is 49.9. The molecule has 7 aromatic heterocycles. The van der Waals surface area contributed by atoms with Crippen molar-refractivity contribution in [2.45, 2.75) is 122 Å². The fourth-order valence-corrected chi connectivity index (χ4v) is 23.6. The second kappa shape index (κ2) is 42.9. The average molecular weight is 2110 g/mol. The van der Waals surface area contributed by atoms with Gasteiger partial charge < -0.3 is 30.5 Å². The summed E-state index contributed by atoms with van der Waals surface area (Å²) in [6, 6.07) is 46.7. The number of sulfone groups is 5. The van der Waals surface area contributed by atoms with Gasteiger partial charge in [-0.2, -0.15) is 25.6 Å². The number of benzene rings is 6. The number of aromatic amines is 1. The molecule has 0 radical (unpaired) electrons. The number of aromatic carboxylic acids is 1. The van der Waals surface area contributed by atoms with Gasteiger partial charge in [0.05, 0.1) is 93.0 Å². The van der Waals surface area contributed by atoms with Gasteiger partial charge in [0.25, 0.3) is 33.3 Å². The van der Waals surface area contributed by atoms with Gasteiger partial charge in [-0.15, -0.1) is 34.4 Å². The van der Waals surface area contributed by atoms with Gasteiger partial charge in [-0.05, 0) is 223 Å². The molecule has 0 atom stereocenters. The number of aromatic nitrogens is 5. The van der Waals surface area contributed by atoms with Gasteiger partial charge in [-0.3, -0.25) is 45.0 Å². The Morgan fingerprint density at radius 3 is 1.58 bits per heavy atom. The number of H-pyrrole nitrogens is 1. The number of nitrogens with one attached hydrogen (secondary N) is 3. The number of hydrogen-bond acceptors (Lipinski definition) is 32. The van der Waals surface area contributed by atoms with E-state index in [4.69, 9.17) is 32.7 Å². The normalized spacial score (nSPS) is 12.0. The van der Waals surface area contributed by atoms with E-state index in [0.29, 0.717) is 44.5 Å². The number of phenolic OH excluding ortho intramolecular Hbond substituents is 1. The quantitative estimate of drug-likeness (QED) is 0.0155. The Labute approximate surface area is 792 Å². The second-order valence-corrected chi connectivity index (χ2v) is 43.1. The van der Waals surface area contributed by atoms with Crippen molar-refractivity contribution in [2.24, 2.45) is 5.41 Å². The molecule has 0 unspecified atom stereocenters. The van der Waals surface area contributed by atoms with Crippen LogP contribution in [-0.4, -0.2) is 111 Å². The third-order valence-corrected chi connectivity index (χ3v) is 31.9. The van der Waals surface area contributed by atoms with Gasteiger partial charge >= 0.3 is 16.7 Å². The van der Waals surface area contributed by atoms with Gasteiger partial charge in [0, 0.05) is 39.7 Å². The maximum absolute atomic E-state index is 13.0. The summed E-state index contributed by atoms with van der Waals surface area (Å²) < 4.78 is 132. The summed E-state index contributed by atoms with van der Waals surface area (Å²) in [5.41, 5.74) is 0.545. The highest BCUT2D eigenvalue weighted by Crippen LogP contribution is 2.45. The van der Waals surface area contributed by atoms with Crippen molar-refractivity contribution in [1.29, 1.82) is 15.8 Å². The van der Waals surface area contributed by atoms with Crippen LogP contribution in [0.5, 0.6) is 5.75 Å². The topological polar surface area (TPSA) is 582 Å². The molecule has 7 heterocycles. The number of phenols is 1. The van der Waals surface area contributed by atoms with Gasteiger partial charge in [0.2, 0.25) is 39.3 Å². The summed E-state index contributed by atoms with van der Waals surface area (Å²) in [6.45, 7) is 11.9. The summed E-state index contributed by atoms with van der Waals surface area (Å²) in [7, 11) is -19.8. The minimum absolute atomic E-state index is 0.00187. The highest BCUT2D eigenvalue weighted by atomic mass is 79.9. The molecule has 0 spiro atoms. The molecule has 682 valence electrons. The molecule has 0 aliphatic heterocycles. The van der Waals surface area contributed by atoms with Crippen molar-refractivity contribution in [1.82, 2.24) is 20.2 Å². The van der Waals surface area contributed by atoms with Gasteiger partial charge in [-0.25, -0.2) is 56.9 Å². The summed E-state index contributed by atoms with van der Waals surface area (Å²) in [5, 5.41) is 105. The van der Waals surface area contributed by atoms with E-state index in [1.165, 1.54) is 171 Å². The largest absolute Gasteiger partial charge is 0.618 e. The highest BCUT2D eigenvalue weighted by molar-refractivity contribution is 9.11. The van der Waals surface area contributed by atoms with Crippen LogP contribution in [0, 0.1) is 110 Å². The molecule has 48 heteroatoms. The van der Waals surface area contributed by atoms with Gasteiger partial charge in [0.1, 0.15) is 66.7 Å². The number of pyridine rings is 3. The van der Waals surface area contributed by atoms with Gasteiger partial charge in [0.15, 0.2) is 15.8 Å². The number of anilines is 2. The molecule has 1 aliphatic rings. The molecule has 36 nitrogen and oxygen atoms in total. The zero-order valence-corrected chi connectivity index (χ0v) is 80.5.